The molecule has 0 saturated heterocycles. The molecular formula is C19H27NO5. The van der Waals surface area contributed by atoms with Crippen molar-refractivity contribution < 1.29 is 24.2 Å². The topological polar surface area (TPSA) is 84.9 Å². The molecule has 6 nitrogen and oxygen atoms in total. The van der Waals surface area contributed by atoms with Gasteiger partial charge in [-0.2, -0.15) is 0 Å². The van der Waals surface area contributed by atoms with E-state index < -0.39 is 23.5 Å². The van der Waals surface area contributed by atoms with Crippen molar-refractivity contribution in [2.75, 3.05) is 20.2 Å². The molecule has 0 heterocycles. The third kappa shape index (κ3) is 5.74. The second kappa shape index (κ2) is 7.87. The normalized spacial score (nSPS) is 15.5. The van der Waals surface area contributed by atoms with E-state index in [1.165, 1.54) is 0 Å². The van der Waals surface area contributed by atoms with Gasteiger partial charge < -0.3 is 19.9 Å². The molecule has 25 heavy (non-hydrogen) atoms. The number of benzene rings is 1. The second-order valence-corrected chi connectivity index (χ2v) is 7.38. The first-order valence-corrected chi connectivity index (χ1v) is 8.54. The van der Waals surface area contributed by atoms with Crippen molar-refractivity contribution >= 4 is 11.9 Å². The van der Waals surface area contributed by atoms with Crippen LogP contribution in [0.1, 0.15) is 56.6 Å². The van der Waals surface area contributed by atoms with Crippen molar-refractivity contribution in [2.24, 2.45) is 0 Å². The molecule has 1 aromatic carbocycles. The third-order valence-corrected chi connectivity index (χ3v) is 4.01. The number of carboxylic acids is 1. The van der Waals surface area contributed by atoms with Gasteiger partial charge >= 0.3 is 11.9 Å². The minimum Gasteiger partial charge on any atom is -0.496 e. The number of rotatable bonds is 8. The maximum Gasteiger partial charge on any atom is 0.320 e. The summed E-state index contributed by atoms with van der Waals surface area (Å²) in [5.41, 5.74) is 1.23. The Hall–Kier alpha value is -2.08. The average Bonchev–Trinajstić information content (AvgIpc) is 3.33. The first kappa shape index (κ1) is 19.2. The molecule has 1 saturated carbocycles. The number of ether oxygens (including phenoxy) is 2. The maximum absolute atomic E-state index is 11.7. The predicted molar refractivity (Wildman–Crippen MR) is 94.1 cm³/mol. The third-order valence-electron chi connectivity index (χ3n) is 4.01. The van der Waals surface area contributed by atoms with Crippen LogP contribution in [0.4, 0.5) is 0 Å². The Labute approximate surface area is 148 Å². The molecule has 1 aliphatic rings. The fraction of sp³-hybridized carbons (Fsp3) is 0.579. The number of carboxylic acid groups (broad SMARTS) is 1. The highest BCUT2D eigenvalue weighted by molar-refractivity contribution is 5.77. The number of carbonyl (C=O) groups is 2. The van der Waals surface area contributed by atoms with Gasteiger partial charge in [-0.25, -0.2) is 0 Å². The molecule has 2 rings (SSSR count). The summed E-state index contributed by atoms with van der Waals surface area (Å²) in [6.45, 7) is 5.52. The maximum atomic E-state index is 11.7. The van der Waals surface area contributed by atoms with Gasteiger partial charge in [0.2, 0.25) is 0 Å². The van der Waals surface area contributed by atoms with Crippen LogP contribution in [-0.4, -0.2) is 42.8 Å². The second-order valence-electron chi connectivity index (χ2n) is 7.38. The number of carbonyl (C=O) groups excluding carboxylic acids is 1. The van der Waals surface area contributed by atoms with Crippen molar-refractivity contribution in [2.45, 2.75) is 51.0 Å². The number of esters is 1. The fourth-order valence-corrected chi connectivity index (χ4v) is 2.73. The first-order chi connectivity index (χ1) is 11.7. The van der Waals surface area contributed by atoms with Crippen molar-refractivity contribution in [3.05, 3.63) is 29.3 Å². The lowest BCUT2D eigenvalue weighted by molar-refractivity contribution is -0.153. The molecule has 1 aliphatic carbocycles. The molecule has 0 radical (unpaired) electrons. The van der Waals surface area contributed by atoms with E-state index in [2.05, 4.69) is 5.32 Å². The number of hydrogen-bond donors (Lipinski definition) is 2. The van der Waals surface area contributed by atoms with Crippen LogP contribution in [0.3, 0.4) is 0 Å². The highest BCUT2D eigenvalue weighted by Gasteiger charge is 2.29. The van der Waals surface area contributed by atoms with Gasteiger partial charge in [-0.05, 0) is 56.7 Å². The van der Waals surface area contributed by atoms with Crippen LogP contribution in [0.2, 0.25) is 0 Å². The molecule has 138 valence electrons. The van der Waals surface area contributed by atoms with Crippen LogP contribution >= 0.6 is 0 Å². The monoisotopic (exact) mass is 349 g/mol. The summed E-state index contributed by atoms with van der Waals surface area (Å²) >= 11 is 0. The molecule has 1 unspecified atom stereocenters. The summed E-state index contributed by atoms with van der Waals surface area (Å²) in [6, 6.07) is 5.52. The fourth-order valence-electron chi connectivity index (χ4n) is 2.73. The Morgan fingerprint density at radius 3 is 2.52 bits per heavy atom. The molecule has 1 aromatic rings. The zero-order valence-electron chi connectivity index (χ0n) is 15.3. The highest BCUT2D eigenvalue weighted by atomic mass is 16.6. The van der Waals surface area contributed by atoms with E-state index in [1.807, 2.05) is 12.1 Å². The number of methoxy groups -OCH3 is 1. The molecule has 0 spiro atoms. The number of aliphatic carboxylic acids is 1. The molecular weight excluding hydrogens is 322 g/mol. The molecule has 1 fully saturated rings. The van der Waals surface area contributed by atoms with Crippen molar-refractivity contribution in [1.29, 1.82) is 0 Å². The van der Waals surface area contributed by atoms with Crippen LogP contribution in [0.5, 0.6) is 5.75 Å². The summed E-state index contributed by atoms with van der Waals surface area (Å²) in [4.78, 5) is 23.4. The molecule has 6 heteroatoms. The van der Waals surface area contributed by atoms with E-state index >= 15 is 0 Å². The van der Waals surface area contributed by atoms with Crippen LogP contribution < -0.4 is 10.1 Å². The summed E-state index contributed by atoms with van der Waals surface area (Å²) < 4.78 is 10.6. The summed E-state index contributed by atoms with van der Waals surface area (Å²) in [7, 11) is 1.62. The largest absolute Gasteiger partial charge is 0.496 e. The SMILES string of the molecule is COc1ccc(C(CNCC(=O)OC(C)(C)C)C(=O)O)cc1C1CC1. The van der Waals surface area contributed by atoms with Gasteiger partial charge in [0.05, 0.1) is 19.6 Å². The van der Waals surface area contributed by atoms with E-state index in [-0.39, 0.29) is 13.1 Å². The first-order valence-electron chi connectivity index (χ1n) is 8.54. The lowest BCUT2D eigenvalue weighted by Crippen LogP contribution is -2.34. The van der Waals surface area contributed by atoms with E-state index in [4.69, 9.17) is 9.47 Å². The molecule has 0 amide bonds. The Kier molecular flexibility index (Phi) is 6.06. The quantitative estimate of drug-likeness (QED) is 0.702. The van der Waals surface area contributed by atoms with Gasteiger partial charge in [0.25, 0.3) is 0 Å². The van der Waals surface area contributed by atoms with Gasteiger partial charge in [0.1, 0.15) is 11.4 Å². The smallest absolute Gasteiger partial charge is 0.320 e. The summed E-state index contributed by atoms with van der Waals surface area (Å²) in [5.74, 6) is -0.796. The zero-order chi connectivity index (χ0) is 18.6. The van der Waals surface area contributed by atoms with Crippen molar-refractivity contribution in [3.63, 3.8) is 0 Å². The lowest BCUT2D eigenvalue weighted by Gasteiger charge is -2.20. The predicted octanol–water partition coefficient (Wildman–Crippen LogP) is 2.67. The minimum atomic E-state index is -0.927. The average molecular weight is 349 g/mol. The van der Waals surface area contributed by atoms with Gasteiger partial charge in [0.15, 0.2) is 0 Å². The summed E-state index contributed by atoms with van der Waals surface area (Å²) in [5, 5.41) is 12.5. The Bertz CT molecular complexity index is 631. The minimum absolute atomic E-state index is 0.0211. The molecule has 0 bridgehead atoms. The Morgan fingerprint density at radius 1 is 1.32 bits per heavy atom. The van der Waals surface area contributed by atoms with Gasteiger partial charge in [0, 0.05) is 6.54 Å². The zero-order valence-corrected chi connectivity index (χ0v) is 15.3. The van der Waals surface area contributed by atoms with E-state index in [0.717, 1.165) is 24.2 Å². The molecule has 2 N–H and O–H groups in total. The number of hydrogen-bond acceptors (Lipinski definition) is 5. The lowest BCUT2D eigenvalue weighted by atomic mass is 9.95. The van der Waals surface area contributed by atoms with E-state index in [9.17, 15) is 14.7 Å². The van der Waals surface area contributed by atoms with E-state index in [0.29, 0.717) is 11.5 Å². The standard InChI is InChI=1S/C19H27NO5/c1-19(2,3)25-17(21)11-20-10-15(18(22)23)13-7-8-16(24-4)14(9-13)12-5-6-12/h7-9,12,15,20H,5-6,10-11H2,1-4H3,(H,22,23). The van der Waals surface area contributed by atoms with Gasteiger partial charge in [-0.3, -0.25) is 9.59 Å². The Morgan fingerprint density at radius 2 is 2.00 bits per heavy atom. The van der Waals surface area contributed by atoms with E-state index in [1.54, 1.807) is 33.9 Å². The number of nitrogens with one attached hydrogen (secondary N) is 1. The van der Waals surface area contributed by atoms with Gasteiger partial charge in [-0.1, -0.05) is 12.1 Å². The highest BCUT2D eigenvalue weighted by Crippen LogP contribution is 2.45. The molecule has 0 aliphatic heterocycles. The summed E-state index contributed by atoms with van der Waals surface area (Å²) in [6.07, 6.45) is 2.21. The van der Waals surface area contributed by atoms with Crippen LogP contribution in [-0.2, 0) is 14.3 Å². The molecule has 0 aromatic heterocycles. The van der Waals surface area contributed by atoms with Crippen molar-refractivity contribution in [1.82, 2.24) is 5.32 Å². The van der Waals surface area contributed by atoms with Crippen molar-refractivity contribution in [3.8, 4) is 5.75 Å². The Balaban J connectivity index is 2.02. The molecule has 1 atom stereocenters. The van der Waals surface area contributed by atoms with Gasteiger partial charge in [-0.15, -0.1) is 0 Å². The van der Waals surface area contributed by atoms with Crippen LogP contribution in [0.15, 0.2) is 18.2 Å². The van der Waals surface area contributed by atoms with Crippen LogP contribution in [0, 0.1) is 0 Å². The van der Waals surface area contributed by atoms with Crippen LogP contribution in [0.25, 0.3) is 0 Å².